The van der Waals surface area contributed by atoms with Gasteiger partial charge in [0.2, 0.25) is 5.88 Å². The Bertz CT molecular complexity index is 1620. The zero-order valence-electron chi connectivity index (χ0n) is 21.9. The molecule has 4 aromatic rings. The van der Waals surface area contributed by atoms with E-state index >= 15 is 0 Å². The van der Waals surface area contributed by atoms with Crippen molar-refractivity contribution in [3.8, 4) is 5.88 Å². The van der Waals surface area contributed by atoms with Gasteiger partial charge in [-0.3, -0.25) is 10.1 Å². The molecule has 12 nitrogen and oxygen atoms in total. The number of oxime groups is 1. The molecule has 208 valence electrons. The first-order chi connectivity index (χ1) is 19.3. The average molecular weight is 582 g/mol. The van der Waals surface area contributed by atoms with Crippen LogP contribution < -0.4 is 10.1 Å². The number of carbonyl (C=O) groups excluding carboxylic acids is 1. The second-order valence-corrected chi connectivity index (χ2v) is 12.5. The zero-order valence-corrected chi connectivity index (χ0v) is 23.5. The number of likely N-dealkylation sites (N-methyl/N-ethyl adjacent to an activating group) is 1. The van der Waals surface area contributed by atoms with Crippen LogP contribution in [0.1, 0.15) is 24.2 Å². The van der Waals surface area contributed by atoms with Gasteiger partial charge in [-0.15, -0.1) is 0 Å². The van der Waals surface area contributed by atoms with E-state index in [9.17, 15) is 13.2 Å². The van der Waals surface area contributed by atoms with Crippen LogP contribution in [0.5, 0.6) is 5.88 Å². The van der Waals surface area contributed by atoms with Crippen LogP contribution in [0.15, 0.2) is 64.9 Å². The van der Waals surface area contributed by atoms with Crippen LogP contribution in [-0.2, 0) is 26.1 Å². The van der Waals surface area contributed by atoms with Gasteiger partial charge in [0.15, 0.2) is 33.1 Å². The highest BCUT2D eigenvalue weighted by molar-refractivity contribution is 7.92. The van der Waals surface area contributed by atoms with Crippen LogP contribution in [0.25, 0.3) is 10.3 Å². The van der Waals surface area contributed by atoms with Gasteiger partial charge in [0, 0.05) is 30.6 Å². The maximum atomic E-state index is 13.3. The molecule has 14 heteroatoms. The van der Waals surface area contributed by atoms with Crippen molar-refractivity contribution in [2.45, 2.75) is 29.6 Å². The Balaban J connectivity index is 1.35. The van der Waals surface area contributed by atoms with E-state index in [2.05, 4.69) is 30.4 Å². The zero-order chi connectivity index (χ0) is 28.1. The Morgan fingerprint density at radius 3 is 2.55 bits per heavy atom. The van der Waals surface area contributed by atoms with Crippen molar-refractivity contribution in [2.75, 3.05) is 32.6 Å². The Hall–Kier alpha value is -4.01. The van der Waals surface area contributed by atoms with Crippen molar-refractivity contribution in [1.82, 2.24) is 24.8 Å². The summed E-state index contributed by atoms with van der Waals surface area (Å²) in [5.41, 5.74) is 0.911. The number of rotatable bonds is 12. The molecule has 1 N–H and O–H groups in total. The molecular formula is C26H27N7O5S2. The lowest BCUT2D eigenvalue weighted by atomic mass is 10.1. The molecular weight excluding hydrogens is 554 g/mol. The van der Waals surface area contributed by atoms with Gasteiger partial charge in [-0.2, -0.15) is 0 Å². The molecule has 0 unspecified atom stereocenters. The second-order valence-electron chi connectivity index (χ2n) is 9.25. The molecule has 1 saturated carbocycles. The van der Waals surface area contributed by atoms with Gasteiger partial charge in [0.25, 0.3) is 5.91 Å². The Morgan fingerprint density at radius 1 is 1.10 bits per heavy atom. The summed E-state index contributed by atoms with van der Waals surface area (Å²) in [7, 11) is 0.543. The molecule has 40 heavy (non-hydrogen) atoms. The van der Waals surface area contributed by atoms with E-state index in [1.54, 1.807) is 30.6 Å². The monoisotopic (exact) mass is 581 g/mol. The van der Waals surface area contributed by atoms with Crippen molar-refractivity contribution < 1.29 is 22.8 Å². The Kier molecular flexibility index (Phi) is 8.28. The van der Waals surface area contributed by atoms with E-state index in [1.807, 2.05) is 19.0 Å². The number of pyridine rings is 1. The number of nitrogens with zero attached hydrogens (tertiary/aromatic N) is 6. The van der Waals surface area contributed by atoms with Gasteiger partial charge in [0.1, 0.15) is 17.0 Å². The fourth-order valence-corrected chi connectivity index (χ4v) is 6.06. The molecule has 0 radical (unpaired) electrons. The summed E-state index contributed by atoms with van der Waals surface area (Å²) in [4.78, 5) is 38.6. The number of ether oxygens (including phenoxy) is 1. The fraction of sp³-hybridized carbons (Fsp3) is 0.308. The summed E-state index contributed by atoms with van der Waals surface area (Å²) >= 11 is 1.19. The van der Waals surface area contributed by atoms with Crippen molar-refractivity contribution in [3.05, 3.63) is 66.2 Å². The van der Waals surface area contributed by atoms with E-state index in [1.165, 1.54) is 35.6 Å². The lowest BCUT2D eigenvalue weighted by Gasteiger charge is -2.09. The molecule has 0 spiro atoms. The Morgan fingerprint density at radius 2 is 1.85 bits per heavy atom. The van der Waals surface area contributed by atoms with Crippen LogP contribution in [0.4, 0.5) is 5.13 Å². The number of hydrogen-bond donors (Lipinski definition) is 1. The number of aromatic nitrogens is 4. The molecule has 3 aromatic heterocycles. The molecule has 1 amide bonds. The molecule has 1 fully saturated rings. The number of anilines is 1. The number of hydrogen-bond acceptors (Lipinski definition) is 12. The van der Waals surface area contributed by atoms with E-state index in [4.69, 9.17) is 9.57 Å². The molecule has 3 heterocycles. The summed E-state index contributed by atoms with van der Waals surface area (Å²) in [6.07, 6.45) is 4.47. The predicted molar refractivity (Wildman–Crippen MR) is 150 cm³/mol. The van der Waals surface area contributed by atoms with Gasteiger partial charge in [-0.05, 0) is 51.2 Å². The van der Waals surface area contributed by atoms with Gasteiger partial charge < -0.3 is 14.5 Å². The quantitative estimate of drug-likeness (QED) is 0.195. The molecule has 1 aromatic carbocycles. The number of carbonyl (C=O) groups is 1. The van der Waals surface area contributed by atoms with Gasteiger partial charge >= 0.3 is 0 Å². The second kappa shape index (κ2) is 12.0. The third-order valence-electron chi connectivity index (χ3n) is 5.84. The summed E-state index contributed by atoms with van der Waals surface area (Å²) in [5, 5.41) is 6.78. The lowest BCUT2D eigenvalue weighted by Crippen LogP contribution is -2.24. The summed E-state index contributed by atoms with van der Waals surface area (Å²) in [6, 6.07) is 11.2. The maximum absolute atomic E-state index is 13.3. The smallest absolute Gasteiger partial charge is 0.280 e. The average Bonchev–Trinajstić information content (AvgIpc) is 3.73. The third-order valence-corrected chi connectivity index (χ3v) is 9.00. The van der Waals surface area contributed by atoms with Crippen LogP contribution in [0.2, 0.25) is 0 Å². The number of sulfone groups is 1. The molecule has 0 atom stereocenters. The highest BCUT2D eigenvalue weighted by Crippen LogP contribution is 2.33. The van der Waals surface area contributed by atoms with Crippen molar-refractivity contribution in [1.29, 1.82) is 0 Å². The van der Waals surface area contributed by atoms with Crippen LogP contribution in [0.3, 0.4) is 0 Å². The summed E-state index contributed by atoms with van der Waals surface area (Å²) < 4.78 is 30.9. The summed E-state index contributed by atoms with van der Waals surface area (Å²) in [5.74, 6) is 0.266. The standard InChI is InChI=1S/C26H27N7O5S2/c1-33(2)14-15-37-22-11-10-20-25(30-22)39-26(29-20)31-24(34)23(32-38-16-21-27-12-3-13-28-21)17-4-6-18(7-5-17)40(35,36)19-8-9-19/h3-7,10-13,19H,8-9,14-16H2,1-2H3,(H,29,31,34)/b32-23+. The number of fused-ring (bicyclic) bond motifs is 1. The van der Waals surface area contributed by atoms with E-state index in [0.29, 0.717) is 52.2 Å². The maximum Gasteiger partial charge on any atom is 0.280 e. The lowest BCUT2D eigenvalue weighted by molar-refractivity contribution is -0.110. The predicted octanol–water partition coefficient (Wildman–Crippen LogP) is 2.92. The largest absolute Gasteiger partial charge is 0.476 e. The van der Waals surface area contributed by atoms with Crippen LogP contribution in [0, 0.1) is 0 Å². The molecule has 5 rings (SSSR count). The third kappa shape index (κ3) is 6.76. The first kappa shape index (κ1) is 27.6. The van der Waals surface area contributed by atoms with E-state index < -0.39 is 15.7 Å². The Labute approximate surface area is 235 Å². The topological polar surface area (TPSA) is 149 Å². The normalized spacial score (nSPS) is 13.9. The van der Waals surface area contributed by atoms with Gasteiger partial charge in [-0.25, -0.2) is 28.4 Å². The minimum Gasteiger partial charge on any atom is -0.476 e. The van der Waals surface area contributed by atoms with Crippen molar-refractivity contribution >= 4 is 48.3 Å². The minimum atomic E-state index is -3.37. The highest BCUT2D eigenvalue weighted by atomic mass is 32.2. The SMILES string of the molecule is CN(C)CCOc1ccc2nc(NC(=O)/C(=N/OCc3ncccn3)c3ccc(S(=O)(=O)C4CC4)cc3)sc2n1. The molecule has 1 aliphatic rings. The van der Waals surface area contributed by atoms with Crippen molar-refractivity contribution in [2.24, 2.45) is 5.16 Å². The van der Waals surface area contributed by atoms with Crippen LogP contribution in [-0.4, -0.2) is 77.4 Å². The first-order valence-corrected chi connectivity index (χ1v) is 14.8. The summed E-state index contributed by atoms with van der Waals surface area (Å²) in [6.45, 7) is 1.17. The minimum absolute atomic E-state index is 0.0621. The molecule has 0 aliphatic heterocycles. The van der Waals surface area contributed by atoms with Crippen LogP contribution >= 0.6 is 11.3 Å². The molecule has 1 aliphatic carbocycles. The van der Waals surface area contributed by atoms with E-state index in [0.717, 1.165) is 6.54 Å². The number of amides is 1. The number of benzene rings is 1. The van der Waals surface area contributed by atoms with E-state index in [-0.39, 0.29) is 22.5 Å². The number of thiazole rings is 1. The first-order valence-electron chi connectivity index (χ1n) is 12.5. The molecule has 0 bridgehead atoms. The van der Waals surface area contributed by atoms with Gasteiger partial charge in [-0.1, -0.05) is 28.6 Å². The molecule has 0 saturated heterocycles. The van der Waals surface area contributed by atoms with Crippen molar-refractivity contribution in [3.63, 3.8) is 0 Å². The number of nitrogens with one attached hydrogen (secondary N) is 1. The highest BCUT2D eigenvalue weighted by Gasteiger charge is 2.36. The van der Waals surface area contributed by atoms with Gasteiger partial charge in [0.05, 0.1) is 10.1 Å². The fourth-order valence-electron chi connectivity index (χ4n) is 3.58.